The summed E-state index contributed by atoms with van der Waals surface area (Å²) in [6, 6.07) is 0.406. The van der Waals surface area contributed by atoms with Gasteiger partial charge in [-0.1, -0.05) is 6.42 Å². The molecule has 7 heteroatoms. The van der Waals surface area contributed by atoms with Gasteiger partial charge in [0.1, 0.15) is 0 Å². The average molecular weight is 299 g/mol. The number of hydrogen-bond donors (Lipinski definition) is 0. The molecule has 0 saturated carbocycles. The molecule has 0 N–H and O–H groups in total. The number of nitrogens with zero attached hydrogens (tertiary/aromatic N) is 3. The predicted molar refractivity (Wildman–Crippen MR) is 77.7 cm³/mol. The van der Waals surface area contributed by atoms with Crippen LogP contribution in [0.15, 0.2) is 0 Å². The number of piperidine rings is 1. The Morgan fingerprint density at radius 2 is 2.19 bits per heavy atom. The Labute approximate surface area is 125 Å². The molecule has 2 heterocycles. The molecule has 120 valence electrons. The highest BCUT2D eigenvalue weighted by Gasteiger charge is 2.49. The smallest absolute Gasteiger partial charge is 0.305 e. The van der Waals surface area contributed by atoms with E-state index in [0.29, 0.717) is 19.1 Å². The fourth-order valence-electron chi connectivity index (χ4n) is 3.63. The van der Waals surface area contributed by atoms with Crippen LogP contribution in [0.3, 0.4) is 0 Å². The summed E-state index contributed by atoms with van der Waals surface area (Å²) < 4.78 is 4.64. The minimum absolute atomic E-state index is 0.101. The lowest BCUT2D eigenvalue weighted by molar-refractivity contribution is -0.571. The maximum atomic E-state index is 11.8. The first-order chi connectivity index (χ1) is 9.97. The van der Waals surface area contributed by atoms with E-state index >= 15 is 0 Å². The monoisotopic (exact) mass is 299 g/mol. The van der Waals surface area contributed by atoms with Gasteiger partial charge in [0.2, 0.25) is 5.54 Å². The van der Waals surface area contributed by atoms with Crippen molar-refractivity contribution in [3.05, 3.63) is 10.1 Å². The van der Waals surface area contributed by atoms with Crippen LogP contribution in [0.25, 0.3) is 0 Å². The molecule has 2 unspecified atom stereocenters. The third-order valence-corrected chi connectivity index (χ3v) is 4.74. The van der Waals surface area contributed by atoms with Crippen LogP contribution < -0.4 is 0 Å². The number of fused-ring (bicyclic) bond motifs is 1. The van der Waals surface area contributed by atoms with Gasteiger partial charge in [-0.3, -0.25) is 24.7 Å². The number of likely N-dealkylation sites (N-methyl/N-ethyl adjacent to an activating group) is 1. The van der Waals surface area contributed by atoms with Gasteiger partial charge in [-0.15, -0.1) is 0 Å². The van der Waals surface area contributed by atoms with E-state index in [1.807, 2.05) is 7.05 Å². The zero-order valence-electron chi connectivity index (χ0n) is 12.9. The second-order valence-corrected chi connectivity index (χ2v) is 6.37. The summed E-state index contributed by atoms with van der Waals surface area (Å²) in [4.78, 5) is 27.3. The number of methoxy groups -OCH3 is 1. The first kappa shape index (κ1) is 16.2. The molecule has 0 spiro atoms. The normalized spacial score (nSPS) is 31.2. The number of rotatable bonds is 4. The van der Waals surface area contributed by atoms with Gasteiger partial charge in [-0.05, 0) is 26.4 Å². The summed E-state index contributed by atoms with van der Waals surface area (Å²) in [6.07, 6.45) is 3.74. The molecular weight excluding hydrogens is 274 g/mol. The number of carbonyl (C=O) groups is 1. The van der Waals surface area contributed by atoms with Crippen LogP contribution in [0, 0.1) is 10.1 Å². The molecule has 7 nitrogen and oxygen atoms in total. The number of esters is 1. The summed E-state index contributed by atoms with van der Waals surface area (Å²) in [5.41, 5.74) is -1.07. The Balaban J connectivity index is 2.17. The summed E-state index contributed by atoms with van der Waals surface area (Å²) in [5, 5.41) is 11.8. The van der Waals surface area contributed by atoms with E-state index in [9.17, 15) is 14.9 Å². The molecule has 0 bridgehead atoms. The van der Waals surface area contributed by atoms with Crippen molar-refractivity contribution < 1.29 is 14.5 Å². The quantitative estimate of drug-likeness (QED) is 0.433. The highest BCUT2D eigenvalue weighted by Crippen LogP contribution is 2.29. The lowest BCUT2D eigenvalue weighted by Crippen LogP contribution is -2.54. The Bertz CT molecular complexity index is 404. The van der Waals surface area contributed by atoms with Gasteiger partial charge in [-0.25, -0.2) is 0 Å². The van der Waals surface area contributed by atoms with Gasteiger partial charge in [0.05, 0.1) is 26.6 Å². The van der Waals surface area contributed by atoms with E-state index in [1.54, 1.807) is 0 Å². The highest BCUT2D eigenvalue weighted by molar-refractivity contribution is 5.69. The molecule has 0 aromatic heterocycles. The minimum Gasteiger partial charge on any atom is -0.469 e. The topological polar surface area (TPSA) is 75.9 Å². The molecular formula is C14H25N3O4. The van der Waals surface area contributed by atoms with Gasteiger partial charge in [0, 0.05) is 23.9 Å². The summed E-state index contributed by atoms with van der Waals surface area (Å²) in [6.45, 7) is 2.62. The SMILES string of the molecule is COC(=O)CCC1([N+](=O)[O-])CN(C)CC2CCCCN2C1. The lowest BCUT2D eigenvalue weighted by atomic mass is 9.92. The van der Waals surface area contributed by atoms with Gasteiger partial charge in [0.25, 0.3) is 0 Å². The fourth-order valence-corrected chi connectivity index (χ4v) is 3.63. The number of nitro groups is 1. The van der Waals surface area contributed by atoms with Gasteiger partial charge in [-0.2, -0.15) is 0 Å². The van der Waals surface area contributed by atoms with Crippen LogP contribution in [0.4, 0.5) is 0 Å². The summed E-state index contributed by atoms with van der Waals surface area (Å²) >= 11 is 0. The molecule has 0 aromatic carbocycles. The summed E-state index contributed by atoms with van der Waals surface area (Å²) in [7, 11) is 3.26. The van der Waals surface area contributed by atoms with Crippen LogP contribution in [0.5, 0.6) is 0 Å². The second-order valence-electron chi connectivity index (χ2n) is 6.37. The Hall–Kier alpha value is -1.21. The molecule has 2 rings (SSSR count). The molecule has 2 atom stereocenters. The van der Waals surface area contributed by atoms with Crippen molar-refractivity contribution in [2.45, 2.75) is 43.7 Å². The van der Waals surface area contributed by atoms with Crippen molar-refractivity contribution in [1.29, 1.82) is 0 Å². The molecule has 2 aliphatic rings. The van der Waals surface area contributed by atoms with Gasteiger partial charge in [0.15, 0.2) is 0 Å². The summed E-state index contributed by atoms with van der Waals surface area (Å²) in [5.74, 6) is -0.377. The molecule has 0 amide bonds. The van der Waals surface area contributed by atoms with Crippen molar-refractivity contribution in [2.24, 2.45) is 0 Å². The van der Waals surface area contributed by atoms with Crippen LogP contribution >= 0.6 is 0 Å². The fraction of sp³-hybridized carbons (Fsp3) is 0.929. The molecule has 0 radical (unpaired) electrons. The first-order valence-corrected chi connectivity index (χ1v) is 7.61. The molecule has 2 saturated heterocycles. The first-order valence-electron chi connectivity index (χ1n) is 7.61. The minimum atomic E-state index is -1.07. The maximum absolute atomic E-state index is 11.8. The van der Waals surface area contributed by atoms with Crippen LogP contribution in [-0.2, 0) is 9.53 Å². The Morgan fingerprint density at radius 3 is 2.86 bits per heavy atom. The zero-order chi connectivity index (χ0) is 15.5. The van der Waals surface area contributed by atoms with Crippen LogP contribution in [0.2, 0.25) is 0 Å². The maximum Gasteiger partial charge on any atom is 0.305 e. The average Bonchev–Trinajstić information content (AvgIpc) is 2.60. The van der Waals surface area contributed by atoms with Crippen molar-refractivity contribution in [2.75, 3.05) is 40.3 Å². The van der Waals surface area contributed by atoms with Crippen molar-refractivity contribution in [1.82, 2.24) is 9.80 Å². The van der Waals surface area contributed by atoms with E-state index in [2.05, 4.69) is 14.5 Å². The van der Waals surface area contributed by atoms with E-state index in [0.717, 1.165) is 25.9 Å². The van der Waals surface area contributed by atoms with Gasteiger partial charge < -0.3 is 4.74 Å². The lowest BCUT2D eigenvalue weighted by Gasteiger charge is -2.36. The van der Waals surface area contributed by atoms with Crippen molar-refractivity contribution in [3.8, 4) is 0 Å². The number of hydrogen-bond acceptors (Lipinski definition) is 6. The number of carbonyl (C=O) groups excluding carboxylic acids is 1. The van der Waals surface area contributed by atoms with Gasteiger partial charge >= 0.3 is 5.97 Å². The highest BCUT2D eigenvalue weighted by atomic mass is 16.6. The predicted octanol–water partition coefficient (Wildman–Crippen LogP) is 0.755. The van der Waals surface area contributed by atoms with E-state index in [1.165, 1.54) is 13.5 Å². The Kier molecular flexibility index (Phi) is 5.16. The second kappa shape index (κ2) is 6.70. The molecule has 0 aromatic rings. The van der Waals surface area contributed by atoms with Crippen molar-refractivity contribution in [3.63, 3.8) is 0 Å². The largest absolute Gasteiger partial charge is 0.469 e. The van der Waals surface area contributed by atoms with Crippen LogP contribution in [0.1, 0.15) is 32.1 Å². The van der Waals surface area contributed by atoms with Crippen molar-refractivity contribution >= 4 is 5.97 Å². The van der Waals surface area contributed by atoms with E-state index in [-0.39, 0.29) is 23.7 Å². The Morgan fingerprint density at radius 1 is 1.43 bits per heavy atom. The number of ether oxygens (including phenoxy) is 1. The molecule has 21 heavy (non-hydrogen) atoms. The molecule has 2 aliphatic heterocycles. The zero-order valence-corrected chi connectivity index (χ0v) is 12.9. The third kappa shape index (κ3) is 3.71. The standard InChI is InChI=1S/C14H25N3O4/c1-15-9-12-5-3-4-8-16(12)11-14(10-15,17(19)20)7-6-13(18)21-2/h12H,3-11H2,1-2H3. The van der Waals surface area contributed by atoms with E-state index in [4.69, 9.17) is 0 Å². The van der Waals surface area contributed by atoms with E-state index < -0.39 is 5.54 Å². The molecule has 2 fully saturated rings. The molecule has 0 aliphatic carbocycles. The van der Waals surface area contributed by atoms with Crippen LogP contribution in [-0.4, -0.2) is 72.6 Å². The third-order valence-electron chi connectivity index (χ3n) is 4.74.